The first-order valence-corrected chi connectivity index (χ1v) is 12.3. The Balaban J connectivity index is 1.97. The summed E-state index contributed by atoms with van der Waals surface area (Å²) in [4.78, 5) is 38.4. The molecule has 36 heavy (non-hydrogen) atoms. The fourth-order valence-corrected chi connectivity index (χ4v) is 6.79. The summed E-state index contributed by atoms with van der Waals surface area (Å²) >= 11 is 6.58. The molecule has 0 atom stereocenters. The first-order valence-electron chi connectivity index (χ1n) is 10.8. The molecule has 1 aromatic carbocycles. The molecule has 1 amide bonds. The normalized spacial score (nSPS) is 18.4. The highest BCUT2D eigenvalue weighted by atomic mass is 79.9. The fourth-order valence-electron chi connectivity index (χ4n) is 5.28. The maximum absolute atomic E-state index is 13.7. The third-order valence-corrected chi connectivity index (χ3v) is 7.87. The number of benzene rings is 1. The number of amides is 1. The lowest BCUT2D eigenvalue weighted by Gasteiger charge is -2.44. The zero-order chi connectivity index (χ0) is 26.2. The van der Waals surface area contributed by atoms with E-state index in [1.807, 2.05) is 0 Å². The smallest absolute Gasteiger partial charge is 0.471 e. The van der Waals surface area contributed by atoms with Gasteiger partial charge in [0.05, 0.1) is 34.6 Å². The summed E-state index contributed by atoms with van der Waals surface area (Å²) in [6, 6.07) is 0. The minimum Gasteiger partial charge on any atom is -0.492 e. The fraction of sp³-hybridized carbons (Fsp3) is 0.348. The summed E-state index contributed by atoms with van der Waals surface area (Å²) < 4.78 is 53.4. The second-order valence-electron chi connectivity index (χ2n) is 8.59. The van der Waals surface area contributed by atoms with Crippen molar-refractivity contribution in [3.05, 3.63) is 38.4 Å². The van der Waals surface area contributed by atoms with Gasteiger partial charge in [0.25, 0.3) is 0 Å². The Bertz CT molecular complexity index is 1400. The van der Waals surface area contributed by atoms with Gasteiger partial charge in [0.2, 0.25) is 5.78 Å². The Morgan fingerprint density at radius 3 is 2.42 bits per heavy atom. The lowest BCUT2D eigenvalue weighted by Crippen LogP contribution is -2.48. The van der Waals surface area contributed by atoms with E-state index in [-0.39, 0.29) is 44.7 Å². The van der Waals surface area contributed by atoms with Crippen LogP contribution in [0.3, 0.4) is 0 Å². The second kappa shape index (κ2) is 8.37. The molecule has 8 nitrogen and oxygen atoms in total. The number of methoxy groups -OCH3 is 2. The molecule has 1 N–H and O–H groups in total. The number of alkyl halides is 3. The highest BCUT2D eigenvalue weighted by Crippen LogP contribution is 2.58. The number of carbonyl (C=O) groups excluding carboxylic acids is 3. The van der Waals surface area contributed by atoms with Crippen molar-refractivity contribution in [1.29, 1.82) is 0 Å². The average molecular weight is 633 g/mol. The summed E-state index contributed by atoms with van der Waals surface area (Å²) in [5.41, 5.74) is 0.579. The molecule has 0 saturated heterocycles. The van der Waals surface area contributed by atoms with E-state index in [2.05, 4.69) is 37.2 Å². The van der Waals surface area contributed by atoms with Gasteiger partial charge >= 0.3 is 18.2 Å². The van der Waals surface area contributed by atoms with Crippen molar-refractivity contribution in [2.45, 2.75) is 24.4 Å². The van der Waals surface area contributed by atoms with Crippen LogP contribution in [0.1, 0.15) is 17.5 Å². The number of Topliss-reactive ketones (excluding diaryl/α,β-unsaturated/α-hetero) is 1. The van der Waals surface area contributed by atoms with E-state index in [4.69, 9.17) is 9.47 Å². The molecule has 1 spiro atoms. The Labute approximate surface area is 219 Å². The standard InChI is InChI=1S/C23H18Br2F3N3O5/c1-35-19-16-13-10(9-31(16)21(34)36-2)3-5-29-15(13)14-17(19)30(20(33)23(26,27)28)6-4-22(14)7-11(24)18(32)12(25)8-22/h7-9,29H,3-6H2,1-2H3. The third-order valence-electron chi connectivity index (χ3n) is 6.70. The summed E-state index contributed by atoms with van der Waals surface area (Å²) in [6.45, 7) is 0.115. The van der Waals surface area contributed by atoms with Gasteiger partial charge in [0.1, 0.15) is 5.52 Å². The molecule has 190 valence electrons. The zero-order valence-electron chi connectivity index (χ0n) is 18.9. The first kappa shape index (κ1) is 24.9. The number of ketones is 1. The third kappa shape index (κ3) is 3.42. The van der Waals surface area contributed by atoms with Gasteiger partial charge in [-0.25, -0.2) is 9.36 Å². The highest BCUT2D eigenvalue weighted by molar-refractivity contribution is 9.13. The number of hydrogen-bond donors (Lipinski definition) is 1. The number of halogens is 5. The Hall–Kier alpha value is -2.80. The number of aromatic nitrogens is 1. The van der Waals surface area contributed by atoms with Crippen LogP contribution >= 0.6 is 31.9 Å². The van der Waals surface area contributed by atoms with E-state index in [0.717, 1.165) is 5.56 Å². The maximum atomic E-state index is 13.7. The van der Waals surface area contributed by atoms with Gasteiger partial charge in [0.15, 0.2) is 5.75 Å². The van der Waals surface area contributed by atoms with Crippen LogP contribution in [0.4, 0.5) is 29.3 Å². The molecule has 1 aliphatic carbocycles. The Morgan fingerprint density at radius 1 is 1.17 bits per heavy atom. The molecule has 5 rings (SSSR count). The molecular weight excluding hydrogens is 615 g/mol. The molecule has 0 bridgehead atoms. The van der Waals surface area contributed by atoms with Crippen LogP contribution in [0.2, 0.25) is 0 Å². The lowest BCUT2D eigenvalue weighted by atomic mass is 9.70. The monoisotopic (exact) mass is 631 g/mol. The van der Waals surface area contributed by atoms with Crippen LogP contribution < -0.4 is 15.0 Å². The SMILES string of the molecule is COC(=O)n1cc2c3c(c4c(c(OC)c31)N(C(=O)C(F)(F)F)CCC41C=C(Br)C(=O)C(Br)=C1)NCC2. The van der Waals surface area contributed by atoms with Gasteiger partial charge in [-0.3, -0.25) is 9.59 Å². The molecule has 2 aliphatic heterocycles. The summed E-state index contributed by atoms with van der Waals surface area (Å²) in [7, 11) is 2.46. The summed E-state index contributed by atoms with van der Waals surface area (Å²) in [5.74, 6) is -2.46. The molecule has 2 aromatic rings. The van der Waals surface area contributed by atoms with E-state index >= 15 is 0 Å². The summed E-state index contributed by atoms with van der Waals surface area (Å²) in [6.07, 6.45) is -0.463. The van der Waals surface area contributed by atoms with Crippen LogP contribution in [0, 0.1) is 0 Å². The minimum absolute atomic E-state index is 0.0652. The number of nitrogens with one attached hydrogen (secondary N) is 1. The van der Waals surface area contributed by atoms with Crippen LogP contribution in [0.25, 0.3) is 10.9 Å². The lowest BCUT2D eigenvalue weighted by molar-refractivity contribution is -0.170. The number of hydrogen-bond acceptors (Lipinski definition) is 6. The molecule has 3 aliphatic rings. The van der Waals surface area contributed by atoms with Crippen molar-refractivity contribution < 1.29 is 37.0 Å². The Kier molecular flexibility index (Phi) is 5.78. The topological polar surface area (TPSA) is 89.9 Å². The van der Waals surface area contributed by atoms with Crippen molar-refractivity contribution in [3.63, 3.8) is 0 Å². The molecule has 0 fully saturated rings. The molecule has 0 radical (unpaired) electrons. The van der Waals surface area contributed by atoms with E-state index in [9.17, 15) is 27.6 Å². The van der Waals surface area contributed by atoms with Crippen LogP contribution in [-0.2, 0) is 26.2 Å². The Morgan fingerprint density at radius 2 is 1.83 bits per heavy atom. The quantitative estimate of drug-likeness (QED) is 0.481. The van der Waals surface area contributed by atoms with Crippen LogP contribution in [-0.4, -0.2) is 55.8 Å². The number of carbonyl (C=O) groups is 3. The van der Waals surface area contributed by atoms with E-state index in [0.29, 0.717) is 34.5 Å². The van der Waals surface area contributed by atoms with Gasteiger partial charge in [-0.2, -0.15) is 13.2 Å². The molecule has 0 saturated carbocycles. The van der Waals surface area contributed by atoms with Crippen molar-refractivity contribution in [2.24, 2.45) is 0 Å². The second-order valence-corrected chi connectivity index (χ2v) is 10.3. The van der Waals surface area contributed by atoms with Crippen LogP contribution in [0.15, 0.2) is 27.3 Å². The van der Waals surface area contributed by atoms with Gasteiger partial charge in [-0.15, -0.1) is 0 Å². The first-order chi connectivity index (χ1) is 16.9. The van der Waals surface area contributed by atoms with Gasteiger partial charge in [0, 0.05) is 35.7 Å². The highest BCUT2D eigenvalue weighted by Gasteiger charge is 2.51. The number of ether oxygens (including phenoxy) is 2. The van der Waals surface area contributed by atoms with Gasteiger partial charge < -0.3 is 19.7 Å². The zero-order valence-corrected chi connectivity index (χ0v) is 22.1. The van der Waals surface area contributed by atoms with E-state index in [1.165, 1.54) is 18.8 Å². The van der Waals surface area contributed by atoms with Crippen molar-refractivity contribution in [1.82, 2.24) is 4.57 Å². The van der Waals surface area contributed by atoms with Crippen molar-refractivity contribution in [2.75, 3.05) is 37.5 Å². The maximum Gasteiger partial charge on any atom is 0.471 e. The molecule has 13 heteroatoms. The summed E-state index contributed by atoms with van der Waals surface area (Å²) in [5, 5.41) is 3.85. The molecular formula is C23H18Br2F3N3O5. The predicted octanol–water partition coefficient (Wildman–Crippen LogP) is 4.91. The number of anilines is 2. The molecule has 3 heterocycles. The number of nitrogens with zero attached hydrogens (tertiary/aromatic N) is 2. The van der Waals surface area contributed by atoms with Gasteiger partial charge in [-0.05, 0) is 50.3 Å². The number of allylic oxidation sites excluding steroid dienone is 4. The van der Waals surface area contributed by atoms with E-state index < -0.39 is 23.6 Å². The van der Waals surface area contributed by atoms with Crippen molar-refractivity contribution >= 4 is 71.9 Å². The molecule has 0 unspecified atom stereocenters. The predicted molar refractivity (Wildman–Crippen MR) is 132 cm³/mol. The van der Waals surface area contributed by atoms with Crippen molar-refractivity contribution in [3.8, 4) is 5.75 Å². The molecule has 1 aromatic heterocycles. The largest absolute Gasteiger partial charge is 0.492 e. The number of fused-ring (bicyclic) bond motifs is 3. The van der Waals surface area contributed by atoms with Crippen LogP contribution in [0.5, 0.6) is 5.75 Å². The van der Waals surface area contributed by atoms with E-state index in [1.54, 1.807) is 18.3 Å². The average Bonchev–Trinajstić information content (AvgIpc) is 3.22. The number of rotatable bonds is 1. The minimum atomic E-state index is -5.16. The van der Waals surface area contributed by atoms with Gasteiger partial charge in [-0.1, -0.05) is 12.2 Å².